The number of pyridine rings is 1. The number of carbonyl (C=O) groups is 1. The second-order valence-corrected chi connectivity index (χ2v) is 7.50. The molecular weight excluding hydrogens is 374 g/mol. The molecule has 0 saturated heterocycles. The number of ketones is 1. The number of hydrogen-bond acceptors (Lipinski definition) is 3. The Kier molecular flexibility index (Phi) is 5.23. The Labute approximate surface area is 175 Å². The Balaban J connectivity index is 1.86. The Morgan fingerprint density at radius 3 is 2.50 bits per heavy atom. The van der Waals surface area contributed by atoms with Crippen molar-refractivity contribution >= 4 is 16.7 Å². The van der Waals surface area contributed by atoms with Gasteiger partial charge in [0.05, 0.1) is 18.2 Å². The zero-order valence-electron chi connectivity index (χ0n) is 17.3. The molecule has 0 aliphatic heterocycles. The van der Waals surface area contributed by atoms with Gasteiger partial charge in [-0.05, 0) is 60.9 Å². The molecule has 4 aromatic rings. The smallest absolute Gasteiger partial charge is 0.200 e. The van der Waals surface area contributed by atoms with Crippen molar-refractivity contribution in [3.8, 4) is 5.75 Å². The van der Waals surface area contributed by atoms with Crippen molar-refractivity contribution in [2.75, 3.05) is 7.11 Å². The fraction of sp³-hybridized carbons (Fsp3) is 0.154. The minimum absolute atomic E-state index is 0.180. The van der Waals surface area contributed by atoms with Crippen LogP contribution < -0.4 is 10.2 Å². The maximum Gasteiger partial charge on any atom is 0.200 e. The van der Waals surface area contributed by atoms with Crippen LogP contribution in [0.2, 0.25) is 0 Å². The SMILES string of the molecule is COc1cccc(Cn2cc(C(=O)c3ccc(C)c(C)c3)c(=O)c3ccccc32)c1. The van der Waals surface area contributed by atoms with Crippen LogP contribution in [0.5, 0.6) is 5.75 Å². The van der Waals surface area contributed by atoms with E-state index in [-0.39, 0.29) is 16.8 Å². The van der Waals surface area contributed by atoms with Crippen LogP contribution in [-0.2, 0) is 6.54 Å². The number of ether oxygens (including phenoxy) is 1. The van der Waals surface area contributed by atoms with Crippen LogP contribution in [0, 0.1) is 13.8 Å². The highest BCUT2D eigenvalue weighted by atomic mass is 16.5. The van der Waals surface area contributed by atoms with E-state index in [4.69, 9.17) is 4.74 Å². The highest BCUT2D eigenvalue weighted by molar-refractivity contribution is 6.10. The predicted octanol–water partition coefficient (Wildman–Crippen LogP) is 4.91. The summed E-state index contributed by atoms with van der Waals surface area (Å²) in [5.74, 6) is 0.512. The molecule has 0 aliphatic carbocycles. The standard InChI is InChI=1S/C26H23NO3/c1-17-11-12-20(13-18(17)2)25(28)23-16-27(15-19-7-6-8-21(14-19)30-3)24-10-5-4-9-22(24)26(23)29/h4-14,16H,15H2,1-3H3. The molecule has 4 heteroatoms. The second kappa shape index (κ2) is 7.99. The third kappa shape index (κ3) is 3.64. The summed E-state index contributed by atoms with van der Waals surface area (Å²) in [6.07, 6.45) is 1.68. The third-order valence-electron chi connectivity index (χ3n) is 5.49. The first-order valence-corrected chi connectivity index (χ1v) is 9.85. The summed E-state index contributed by atoms with van der Waals surface area (Å²) in [5, 5.41) is 0.537. The average Bonchev–Trinajstić information content (AvgIpc) is 2.77. The molecule has 0 aliphatic rings. The van der Waals surface area contributed by atoms with E-state index in [9.17, 15) is 9.59 Å². The van der Waals surface area contributed by atoms with Crippen LogP contribution in [-0.4, -0.2) is 17.5 Å². The van der Waals surface area contributed by atoms with Gasteiger partial charge in [0.25, 0.3) is 0 Å². The van der Waals surface area contributed by atoms with Crippen LogP contribution in [0.3, 0.4) is 0 Å². The fourth-order valence-corrected chi connectivity index (χ4v) is 3.64. The number of methoxy groups -OCH3 is 1. The van der Waals surface area contributed by atoms with Crippen molar-refractivity contribution in [2.24, 2.45) is 0 Å². The van der Waals surface area contributed by atoms with Crippen molar-refractivity contribution in [3.63, 3.8) is 0 Å². The van der Waals surface area contributed by atoms with Crippen molar-refractivity contribution < 1.29 is 9.53 Å². The molecule has 0 atom stereocenters. The minimum atomic E-state index is -0.256. The molecule has 0 N–H and O–H groups in total. The summed E-state index contributed by atoms with van der Waals surface area (Å²) in [4.78, 5) is 26.4. The molecule has 3 aromatic carbocycles. The van der Waals surface area contributed by atoms with Gasteiger partial charge >= 0.3 is 0 Å². The van der Waals surface area contributed by atoms with Crippen molar-refractivity contribution in [2.45, 2.75) is 20.4 Å². The van der Waals surface area contributed by atoms with E-state index in [1.165, 1.54) is 0 Å². The Bertz CT molecular complexity index is 1320. The van der Waals surface area contributed by atoms with E-state index in [1.807, 2.05) is 73.0 Å². The van der Waals surface area contributed by atoms with E-state index in [1.54, 1.807) is 25.4 Å². The van der Waals surface area contributed by atoms with Crippen molar-refractivity contribution in [1.82, 2.24) is 4.57 Å². The monoisotopic (exact) mass is 397 g/mol. The summed E-state index contributed by atoms with van der Waals surface area (Å²) in [6, 6.07) is 20.7. The molecule has 4 nitrogen and oxygen atoms in total. The van der Waals surface area contributed by atoms with E-state index in [0.29, 0.717) is 17.5 Å². The molecular formula is C26H23NO3. The molecule has 0 bridgehead atoms. The largest absolute Gasteiger partial charge is 0.497 e. The normalized spacial score (nSPS) is 10.9. The highest BCUT2D eigenvalue weighted by Crippen LogP contribution is 2.19. The topological polar surface area (TPSA) is 48.3 Å². The Morgan fingerprint density at radius 2 is 1.73 bits per heavy atom. The van der Waals surface area contributed by atoms with Crippen LogP contribution >= 0.6 is 0 Å². The number of fused-ring (bicyclic) bond motifs is 1. The van der Waals surface area contributed by atoms with Gasteiger partial charge < -0.3 is 9.30 Å². The summed E-state index contributed by atoms with van der Waals surface area (Å²) in [5.41, 5.74) is 4.42. The Morgan fingerprint density at radius 1 is 0.933 bits per heavy atom. The molecule has 0 amide bonds. The van der Waals surface area contributed by atoms with E-state index < -0.39 is 0 Å². The van der Waals surface area contributed by atoms with Gasteiger partial charge in [0, 0.05) is 23.7 Å². The zero-order chi connectivity index (χ0) is 21.3. The summed E-state index contributed by atoms with van der Waals surface area (Å²) in [6.45, 7) is 4.49. The Hall–Kier alpha value is -3.66. The molecule has 150 valence electrons. The third-order valence-corrected chi connectivity index (χ3v) is 5.49. The fourth-order valence-electron chi connectivity index (χ4n) is 3.64. The van der Waals surface area contributed by atoms with Crippen LogP contribution in [0.15, 0.2) is 77.7 Å². The van der Waals surface area contributed by atoms with E-state index >= 15 is 0 Å². The van der Waals surface area contributed by atoms with E-state index in [2.05, 4.69) is 0 Å². The molecule has 0 saturated carbocycles. The maximum absolute atomic E-state index is 13.2. The summed E-state index contributed by atoms with van der Waals surface area (Å²) in [7, 11) is 1.63. The second-order valence-electron chi connectivity index (χ2n) is 7.50. The molecule has 1 aromatic heterocycles. The maximum atomic E-state index is 13.2. The summed E-state index contributed by atoms with van der Waals surface area (Å²) < 4.78 is 7.28. The van der Waals surface area contributed by atoms with Gasteiger partial charge in [0.15, 0.2) is 5.78 Å². The number of aryl methyl sites for hydroxylation is 2. The number of hydrogen-bond donors (Lipinski definition) is 0. The number of aromatic nitrogens is 1. The van der Waals surface area contributed by atoms with Gasteiger partial charge in [-0.1, -0.05) is 36.4 Å². The minimum Gasteiger partial charge on any atom is -0.497 e. The molecule has 0 spiro atoms. The van der Waals surface area contributed by atoms with Gasteiger partial charge in [-0.2, -0.15) is 0 Å². The molecule has 0 radical (unpaired) electrons. The number of rotatable bonds is 5. The lowest BCUT2D eigenvalue weighted by Crippen LogP contribution is -2.20. The van der Waals surface area contributed by atoms with Gasteiger partial charge in [-0.15, -0.1) is 0 Å². The first-order chi connectivity index (χ1) is 14.5. The van der Waals surface area contributed by atoms with Gasteiger partial charge in [0.1, 0.15) is 5.75 Å². The van der Waals surface area contributed by atoms with Gasteiger partial charge in [0.2, 0.25) is 5.43 Å². The quantitative estimate of drug-likeness (QED) is 0.450. The lowest BCUT2D eigenvalue weighted by Gasteiger charge is -2.14. The molecule has 0 unspecified atom stereocenters. The predicted molar refractivity (Wildman–Crippen MR) is 120 cm³/mol. The highest BCUT2D eigenvalue weighted by Gasteiger charge is 2.17. The molecule has 30 heavy (non-hydrogen) atoms. The summed E-state index contributed by atoms with van der Waals surface area (Å²) >= 11 is 0. The lowest BCUT2D eigenvalue weighted by atomic mass is 9.98. The first kappa shape index (κ1) is 19.6. The number of benzene rings is 3. The van der Waals surface area contributed by atoms with Crippen LogP contribution in [0.1, 0.15) is 32.6 Å². The average molecular weight is 397 g/mol. The first-order valence-electron chi connectivity index (χ1n) is 9.85. The van der Waals surface area contributed by atoms with Crippen molar-refractivity contribution in [1.29, 1.82) is 0 Å². The number of para-hydroxylation sites is 1. The van der Waals surface area contributed by atoms with Crippen LogP contribution in [0.25, 0.3) is 10.9 Å². The number of carbonyl (C=O) groups excluding carboxylic acids is 1. The molecule has 0 fully saturated rings. The van der Waals surface area contributed by atoms with E-state index in [0.717, 1.165) is 28.0 Å². The lowest BCUT2D eigenvalue weighted by molar-refractivity contribution is 0.103. The zero-order valence-corrected chi connectivity index (χ0v) is 17.3. The molecule has 1 heterocycles. The number of nitrogens with zero attached hydrogens (tertiary/aromatic N) is 1. The van der Waals surface area contributed by atoms with Crippen LogP contribution in [0.4, 0.5) is 0 Å². The van der Waals surface area contributed by atoms with Gasteiger partial charge in [-0.25, -0.2) is 0 Å². The van der Waals surface area contributed by atoms with Gasteiger partial charge in [-0.3, -0.25) is 9.59 Å². The van der Waals surface area contributed by atoms with Crippen molar-refractivity contribution in [3.05, 3.63) is 111 Å². The molecule has 4 rings (SSSR count).